The molecule has 1 fully saturated rings. The monoisotopic (exact) mass is 614 g/mol. The van der Waals surface area contributed by atoms with Gasteiger partial charge in [0.25, 0.3) is 12.0 Å². The van der Waals surface area contributed by atoms with Crippen LogP contribution in [-0.2, 0) is 13.5 Å². The number of alkyl halides is 2. The van der Waals surface area contributed by atoms with Crippen LogP contribution >= 0.6 is 0 Å². The van der Waals surface area contributed by atoms with E-state index in [1.54, 1.807) is 43.0 Å². The van der Waals surface area contributed by atoms with Crippen LogP contribution in [0.3, 0.4) is 0 Å². The normalized spacial score (nSPS) is 16.3. The van der Waals surface area contributed by atoms with Crippen molar-refractivity contribution in [2.75, 3.05) is 35.2 Å². The molecule has 0 radical (unpaired) electrons. The number of halogens is 3. The van der Waals surface area contributed by atoms with Crippen molar-refractivity contribution < 1.29 is 13.2 Å². The zero-order chi connectivity index (χ0) is 31.8. The molecule has 6 rings (SSSR count). The summed E-state index contributed by atoms with van der Waals surface area (Å²) < 4.78 is 45.4. The molecule has 0 atom stereocenters. The lowest BCUT2D eigenvalue weighted by molar-refractivity contribution is 0.151. The number of aliphatic imine (C=N–C) groups is 1. The molecule has 1 saturated heterocycles. The summed E-state index contributed by atoms with van der Waals surface area (Å²) in [7, 11) is 1.75. The Morgan fingerprint density at radius 3 is 2.51 bits per heavy atom. The maximum absolute atomic E-state index is 14.7. The molecular formula is C35H37F3N6O. The highest BCUT2D eigenvalue weighted by atomic mass is 19.3. The number of allylic oxidation sites excluding steroid dienone is 1. The SMILES string of the molecule is Cc1cc2c(N3CCCc4cc(/C(C=NC5CCN(c6ccc(N)cc6F)CC5)=C/N)c(C(F)F)cc43)cccc2n(C)c1=O. The largest absolute Gasteiger partial charge is 0.404 e. The van der Waals surface area contributed by atoms with Gasteiger partial charge in [0, 0.05) is 72.6 Å². The molecule has 234 valence electrons. The third-order valence-electron chi connectivity index (χ3n) is 9.01. The van der Waals surface area contributed by atoms with Crippen LogP contribution in [0.1, 0.15) is 47.9 Å². The predicted octanol–water partition coefficient (Wildman–Crippen LogP) is 6.63. The smallest absolute Gasteiger partial charge is 0.264 e. The van der Waals surface area contributed by atoms with Gasteiger partial charge in [-0.2, -0.15) is 0 Å². The number of aromatic nitrogens is 1. The zero-order valence-electron chi connectivity index (χ0n) is 25.4. The number of nitrogens with zero attached hydrogens (tertiary/aromatic N) is 4. The number of anilines is 4. The minimum atomic E-state index is -2.73. The Hall–Kier alpha value is -4.73. The molecule has 2 aliphatic rings. The summed E-state index contributed by atoms with van der Waals surface area (Å²) in [5, 5.41) is 0.896. The summed E-state index contributed by atoms with van der Waals surface area (Å²) in [5.41, 5.74) is 17.2. The van der Waals surface area contributed by atoms with Gasteiger partial charge in [-0.1, -0.05) is 6.07 Å². The number of hydrogen-bond donors (Lipinski definition) is 2. The summed E-state index contributed by atoms with van der Waals surface area (Å²) in [5.74, 6) is -0.350. The molecule has 4 N–H and O–H groups in total. The Morgan fingerprint density at radius 1 is 1.02 bits per heavy atom. The third-order valence-corrected chi connectivity index (χ3v) is 9.01. The molecule has 3 aromatic carbocycles. The number of benzene rings is 3. The number of hydrogen-bond acceptors (Lipinski definition) is 6. The second-order valence-electron chi connectivity index (χ2n) is 11.9. The summed E-state index contributed by atoms with van der Waals surface area (Å²) in [6.45, 7) is 3.68. The van der Waals surface area contributed by atoms with E-state index in [1.807, 2.05) is 35.2 Å². The highest BCUT2D eigenvalue weighted by molar-refractivity contribution is 6.10. The Bertz CT molecular complexity index is 1870. The van der Waals surface area contributed by atoms with Gasteiger partial charge in [0.1, 0.15) is 5.82 Å². The molecule has 0 saturated carbocycles. The van der Waals surface area contributed by atoms with Gasteiger partial charge in [-0.15, -0.1) is 0 Å². The Balaban J connectivity index is 1.28. The number of aryl methyl sites for hydroxylation is 3. The molecule has 1 aromatic heterocycles. The standard InChI is InChI=1S/C35H37F3N6O/c1-21-15-28-30(42(2)35(21)45)6-3-7-31(28)44-12-4-5-22-16-26(27(34(37)38)18-33(22)44)23(19-39)20-41-25-10-13-43(14-11-25)32-9-8-24(40)17-29(32)36/h3,6-9,15-20,25,34H,4-5,10-14,39-40H2,1-2H3/b23-19+,41-20?. The number of piperidine rings is 1. The molecule has 3 heterocycles. The molecule has 0 amide bonds. The van der Waals surface area contributed by atoms with Crippen LogP contribution in [0.15, 0.2) is 70.6 Å². The highest BCUT2D eigenvalue weighted by Crippen LogP contribution is 2.41. The van der Waals surface area contributed by atoms with Crippen molar-refractivity contribution in [3.05, 3.63) is 99.2 Å². The number of nitrogen functional groups attached to an aromatic ring is 1. The lowest BCUT2D eigenvalue weighted by Gasteiger charge is -2.34. The minimum absolute atomic E-state index is 0.0399. The van der Waals surface area contributed by atoms with E-state index < -0.39 is 6.43 Å². The van der Waals surface area contributed by atoms with E-state index in [9.17, 15) is 18.0 Å². The van der Waals surface area contributed by atoms with E-state index >= 15 is 0 Å². The number of fused-ring (bicyclic) bond motifs is 2. The number of pyridine rings is 1. The van der Waals surface area contributed by atoms with Gasteiger partial charge in [0.15, 0.2) is 0 Å². The molecule has 45 heavy (non-hydrogen) atoms. The van der Waals surface area contributed by atoms with Gasteiger partial charge in [-0.05, 0) is 92.3 Å². The summed E-state index contributed by atoms with van der Waals surface area (Å²) in [4.78, 5) is 21.4. The van der Waals surface area contributed by atoms with Gasteiger partial charge in [-0.25, -0.2) is 13.2 Å². The first-order valence-electron chi connectivity index (χ1n) is 15.2. The van der Waals surface area contributed by atoms with Crippen molar-refractivity contribution >= 4 is 45.4 Å². The molecule has 0 spiro atoms. The van der Waals surface area contributed by atoms with Crippen LogP contribution < -0.4 is 26.8 Å². The second kappa shape index (κ2) is 12.3. The van der Waals surface area contributed by atoms with E-state index in [-0.39, 0.29) is 23.0 Å². The van der Waals surface area contributed by atoms with Crippen molar-refractivity contribution in [1.29, 1.82) is 0 Å². The van der Waals surface area contributed by atoms with Gasteiger partial charge in [0.2, 0.25) is 0 Å². The van der Waals surface area contributed by atoms with Crippen LogP contribution in [0.5, 0.6) is 0 Å². The van der Waals surface area contributed by atoms with Crippen LogP contribution in [0.2, 0.25) is 0 Å². The second-order valence-corrected chi connectivity index (χ2v) is 11.9. The zero-order valence-corrected chi connectivity index (χ0v) is 25.4. The topological polar surface area (TPSA) is 92.9 Å². The Kier molecular flexibility index (Phi) is 8.31. The first-order valence-corrected chi connectivity index (χ1v) is 15.2. The summed E-state index contributed by atoms with van der Waals surface area (Å²) in [6, 6.07) is 15.7. The van der Waals surface area contributed by atoms with Crippen LogP contribution in [-0.4, -0.2) is 36.5 Å². The fraction of sp³-hybridized carbons (Fsp3) is 0.314. The van der Waals surface area contributed by atoms with E-state index in [0.717, 1.165) is 40.7 Å². The maximum atomic E-state index is 14.7. The Morgan fingerprint density at radius 2 is 1.80 bits per heavy atom. The average Bonchev–Trinajstić information content (AvgIpc) is 3.03. The van der Waals surface area contributed by atoms with Crippen LogP contribution in [0, 0.1) is 12.7 Å². The van der Waals surface area contributed by atoms with Crippen molar-refractivity contribution in [1.82, 2.24) is 4.57 Å². The molecule has 0 aliphatic carbocycles. The molecule has 10 heteroatoms. The number of nitrogens with two attached hydrogens (primary N) is 2. The van der Waals surface area contributed by atoms with Gasteiger partial charge < -0.3 is 25.8 Å². The lowest BCUT2D eigenvalue weighted by Crippen LogP contribution is -2.35. The average molecular weight is 615 g/mol. The van der Waals surface area contributed by atoms with Crippen LogP contribution in [0.4, 0.5) is 35.9 Å². The molecule has 0 unspecified atom stereocenters. The predicted molar refractivity (Wildman–Crippen MR) is 177 cm³/mol. The summed E-state index contributed by atoms with van der Waals surface area (Å²) >= 11 is 0. The van der Waals surface area contributed by atoms with Gasteiger partial charge >= 0.3 is 0 Å². The molecule has 0 bridgehead atoms. The van der Waals surface area contributed by atoms with E-state index in [4.69, 9.17) is 16.5 Å². The number of rotatable bonds is 6. The molecule has 2 aliphatic heterocycles. The van der Waals surface area contributed by atoms with Crippen molar-refractivity contribution in [3.63, 3.8) is 0 Å². The Labute approximate surface area is 260 Å². The lowest BCUT2D eigenvalue weighted by atomic mass is 9.91. The van der Waals surface area contributed by atoms with Gasteiger partial charge in [-0.3, -0.25) is 9.79 Å². The minimum Gasteiger partial charge on any atom is -0.404 e. The van der Waals surface area contributed by atoms with Crippen molar-refractivity contribution in [2.45, 2.75) is 45.1 Å². The van der Waals surface area contributed by atoms with E-state index in [0.29, 0.717) is 60.6 Å². The van der Waals surface area contributed by atoms with Crippen molar-refractivity contribution in [3.8, 4) is 0 Å². The first kappa shape index (κ1) is 30.3. The van der Waals surface area contributed by atoms with Gasteiger partial charge in [0.05, 0.1) is 22.9 Å². The fourth-order valence-corrected chi connectivity index (χ4v) is 6.62. The van der Waals surface area contributed by atoms with Crippen LogP contribution in [0.25, 0.3) is 16.5 Å². The molecule has 4 aromatic rings. The maximum Gasteiger partial charge on any atom is 0.264 e. The van der Waals surface area contributed by atoms with E-state index in [1.165, 1.54) is 12.3 Å². The first-order chi connectivity index (χ1) is 21.7. The van der Waals surface area contributed by atoms with E-state index in [2.05, 4.69) is 4.90 Å². The molecule has 7 nitrogen and oxygen atoms in total. The summed E-state index contributed by atoms with van der Waals surface area (Å²) in [6.07, 6.45) is 3.16. The highest BCUT2D eigenvalue weighted by Gasteiger charge is 2.26. The third kappa shape index (κ3) is 5.77. The van der Waals surface area contributed by atoms with Crippen molar-refractivity contribution in [2.24, 2.45) is 17.8 Å². The molecular weight excluding hydrogens is 577 g/mol. The fourth-order valence-electron chi connectivity index (χ4n) is 6.62. The quantitative estimate of drug-likeness (QED) is 0.188.